The highest BCUT2D eigenvalue weighted by atomic mass is 16.3. The van der Waals surface area contributed by atoms with Gasteiger partial charge in [0, 0.05) is 12.0 Å². The smallest absolute Gasteiger partial charge is 0.273 e. The summed E-state index contributed by atoms with van der Waals surface area (Å²) < 4.78 is 0. The zero-order valence-electron chi connectivity index (χ0n) is 9.07. The number of carbonyl (C=O) groups is 1. The Morgan fingerprint density at radius 3 is 2.88 bits per heavy atom. The molecule has 1 aromatic heterocycles. The zero-order chi connectivity index (χ0) is 11.4. The predicted molar refractivity (Wildman–Crippen MR) is 56.7 cm³/mol. The molecule has 1 amide bonds. The van der Waals surface area contributed by atoms with Crippen LogP contribution in [-0.4, -0.2) is 39.6 Å². The van der Waals surface area contributed by atoms with Crippen molar-refractivity contribution in [1.29, 1.82) is 0 Å². The highest BCUT2D eigenvalue weighted by molar-refractivity contribution is 5.91. The Morgan fingerprint density at radius 1 is 1.56 bits per heavy atom. The summed E-state index contributed by atoms with van der Waals surface area (Å²) in [5.74, 6) is -0.242. The van der Waals surface area contributed by atoms with E-state index >= 15 is 0 Å². The third kappa shape index (κ3) is 2.21. The van der Waals surface area contributed by atoms with Crippen LogP contribution in [0.1, 0.15) is 36.2 Å². The average molecular weight is 224 g/mol. The van der Waals surface area contributed by atoms with Crippen LogP contribution in [-0.2, 0) is 0 Å². The van der Waals surface area contributed by atoms with Crippen molar-refractivity contribution in [3.8, 4) is 0 Å². The molecule has 1 aromatic rings. The van der Waals surface area contributed by atoms with E-state index in [0.717, 1.165) is 25.7 Å². The van der Waals surface area contributed by atoms with Crippen LogP contribution in [0, 0.1) is 5.41 Å². The van der Waals surface area contributed by atoms with Gasteiger partial charge in [0.05, 0.1) is 12.8 Å². The van der Waals surface area contributed by atoms with E-state index in [9.17, 15) is 9.90 Å². The van der Waals surface area contributed by atoms with Gasteiger partial charge < -0.3 is 10.4 Å². The second kappa shape index (κ2) is 4.61. The molecule has 1 saturated carbocycles. The van der Waals surface area contributed by atoms with Gasteiger partial charge in [0.25, 0.3) is 5.91 Å². The lowest BCUT2D eigenvalue weighted by molar-refractivity contribution is 0.0876. The molecular weight excluding hydrogens is 208 g/mol. The first kappa shape index (κ1) is 11.1. The van der Waals surface area contributed by atoms with Crippen molar-refractivity contribution in [2.24, 2.45) is 5.41 Å². The molecule has 16 heavy (non-hydrogen) atoms. The molecule has 0 bridgehead atoms. The van der Waals surface area contributed by atoms with Gasteiger partial charge >= 0.3 is 0 Å². The lowest BCUT2D eigenvalue weighted by atomic mass is 9.87. The number of aliphatic hydroxyl groups is 1. The highest BCUT2D eigenvalue weighted by Gasteiger charge is 2.33. The Morgan fingerprint density at radius 2 is 2.31 bits per heavy atom. The zero-order valence-corrected chi connectivity index (χ0v) is 9.07. The van der Waals surface area contributed by atoms with E-state index in [4.69, 9.17) is 0 Å². The molecule has 1 aliphatic rings. The Balaban J connectivity index is 1.89. The molecule has 0 aliphatic heterocycles. The molecule has 1 fully saturated rings. The molecule has 2 rings (SSSR count). The van der Waals surface area contributed by atoms with Crippen LogP contribution in [0.3, 0.4) is 0 Å². The van der Waals surface area contributed by atoms with Crippen LogP contribution in [0.2, 0.25) is 0 Å². The van der Waals surface area contributed by atoms with E-state index in [0.29, 0.717) is 6.54 Å². The minimum atomic E-state index is -0.242. The van der Waals surface area contributed by atoms with Gasteiger partial charge in [-0.2, -0.15) is 15.4 Å². The molecule has 1 aliphatic carbocycles. The van der Waals surface area contributed by atoms with Crippen LogP contribution in [0.5, 0.6) is 0 Å². The maximum atomic E-state index is 11.6. The predicted octanol–water partition coefficient (Wildman–Crippen LogP) is 0.0872. The van der Waals surface area contributed by atoms with Gasteiger partial charge in [0.15, 0.2) is 5.69 Å². The van der Waals surface area contributed by atoms with Crippen LogP contribution in [0.4, 0.5) is 0 Å². The van der Waals surface area contributed by atoms with Gasteiger partial charge in [-0.05, 0) is 12.8 Å². The fourth-order valence-corrected chi connectivity index (χ4v) is 2.19. The SMILES string of the molecule is O=C(NCC1(CO)CCCC1)c1cn[nH]n1. The van der Waals surface area contributed by atoms with Crippen LogP contribution in [0.25, 0.3) is 0 Å². The lowest BCUT2D eigenvalue weighted by Gasteiger charge is -2.26. The normalized spacial score (nSPS) is 18.6. The Labute approximate surface area is 93.4 Å². The molecule has 1 heterocycles. The van der Waals surface area contributed by atoms with Crippen molar-refractivity contribution in [3.63, 3.8) is 0 Å². The monoisotopic (exact) mass is 224 g/mol. The average Bonchev–Trinajstić information content (AvgIpc) is 2.98. The standard InChI is InChI=1S/C10H16N4O2/c15-7-10(3-1-2-4-10)6-11-9(16)8-5-12-14-13-8/h5,15H,1-4,6-7H2,(H,11,16)(H,12,13,14). The number of aliphatic hydroxyl groups excluding tert-OH is 1. The van der Waals surface area contributed by atoms with Crippen molar-refractivity contribution in [1.82, 2.24) is 20.7 Å². The van der Waals surface area contributed by atoms with Crippen LogP contribution in [0.15, 0.2) is 6.20 Å². The molecule has 0 atom stereocenters. The summed E-state index contributed by atoms with van der Waals surface area (Å²) >= 11 is 0. The highest BCUT2D eigenvalue weighted by Crippen LogP contribution is 2.36. The van der Waals surface area contributed by atoms with E-state index in [-0.39, 0.29) is 23.6 Å². The molecule has 0 radical (unpaired) electrons. The number of nitrogens with one attached hydrogen (secondary N) is 2. The van der Waals surface area contributed by atoms with Crippen molar-refractivity contribution in [2.75, 3.05) is 13.2 Å². The number of hydrogen-bond donors (Lipinski definition) is 3. The van der Waals surface area contributed by atoms with E-state index in [2.05, 4.69) is 20.7 Å². The summed E-state index contributed by atoms with van der Waals surface area (Å²) in [6.45, 7) is 0.640. The Hall–Kier alpha value is -1.43. The maximum absolute atomic E-state index is 11.6. The number of aromatic nitrogens is 3. The number of nitrogens with zero attached hydrogens (tertiary/aromatic N) is 2. The summed E-state index contributed by atoms with van der Waals surface area (Å²) in [7, 11) is 0. The summed E-state index contributed by atoms with van der Waals surface area (Å²) in [6.07, 6.45) is 5.58. The largest absolute Gasteiger partial charge is 0.396 e. The topological polar surface area (TPSA) is 90.9 Å². The number of H-pyrrole nitrogens is 1. The molecular formula is C10H16N4O2. The van der Waals surface area contributed by atoms with E-state index in [1.807, 2.05) is 0 Å². The van der Waals surface area contributed by atoms with Gasteiger partial charge in [-0.15, -0.1) is 0 Å². The summed E-state index contributed by atoms with van der Waals surface area (Å²) in [5.41, 5.74) is 0.158. The Kier molecular flexibility index (Phi) is 3.19. The maximum Gasteiger partial charge on any atom is 0.273 e. The first-order chi connectivity index (χ1) is 7.76. The van der Waals surface area contributed by atoms with Crippen molar-refractivity contribution >= 4 is 5.91 Å². The molecule has 88 valence electrons. The molecule has 0 saturated heterocycles. The first-order valence-electron chi connectivity index (χ1n) is 5.51. The summed E-state index contributed by atoms with van der Waals surface area (Å²) in [5, 5.41) is 21.8. The molecule has 3 N–H and O–H groups in total. The second-order valence-corrected chi connectivity index (χ2v) is 4.40. The number of carbonyl (C=O) groups excluding carboxylic acids is 1. The third-order valence-corrected chi connectivity index (χ3v) is 3.27. The molecule has 6 nitrogen and oxygen atoms in total. The van der Waals surface area contributed by atoms with Gasteiger partial charge in [0.2, 0.25) is 0 Å². The van der Waals surface area contributed by atoms with E-state index < -0.39 is 0 Å². The minimum Gasteiger partial charge on any atom is -0.396 e. The minimum absolute atomic E-state index is 0.126. The summed E-state index contributed by atoms with van der Waals surface area (Å²) in [4.78, 5) is 11.6. The summed E-state index contributed by atoms with van der Waals surface area (Å²) in [6, 6.07) is 0. The quantitative estimate of drug-likeness (QED) is 0.676. The van der Waals surface area contributed by atoms with Crippen LogP contribution < -0.4 is 5.32 Å². The van der Waals surface area contributed by atoms with E-state index in [1.54, 1.807) is 0 Å². The Bertz CT molecular complexity index is 344. The van der Waals surface area contributed by atoms with Gasteiger partial charge in [-0.3, -0.25) is 4.79 Å². The van der Waals surface area contributed by atoms with Crippen molar-refractivity contribution < 1.29 is 9.90 Å². The fraction of sp³-hybridized carbons (Fsp3) is 0.700. The number of aromatic amines is 1. The number of rotatable bonds is 4. The molecule has 0 unspecified atom stereocenters. The van der Waals surface area contributed by atoms with Gasteiger partial charge in [0.1, 0.15) is 0 Å². The van der Waals surface area contributed by atoms with Crippen molar-refractivity contribution in [2.45, 2.75) is 25.7 Å². The second-order valence-electron chi connectivity index (χ2n) is 4.40. The number of hydrogen-bond acceptors (Lipinski definition) is 4. The van der Waals surface area contributed by atoms with Crippen molar-refractivity contribution in [3.05, 3.63) is 11.9 Å². The fourth-order valence-electron chi connectivity index (χ4n) is 2.19. The molecule has 0 spiro atoms. The van der Waals surface area contributed by atoms with Gasteiger partial charge in [-0.25, -0.2) is 0 Å². The lowest BCUT2D eigenvalue weighted by Crippen LogP contribution is -2.38. The van der Waals surface area contributed by atoms with Crippen LogP contribution >= 0.6 is 0 Å². The molecule has 0 aromatic carbocycles. The van der Waals surface area contributed by atoms with E-state index in [1.165, 1.54) is 6.20 Å². The molecule has 6 heteroatoms. The van der Waals surface area contributed by atoms with Gasteiger partial charge in [-0.1, -0.05) is 12.8 Å². The first-order valence-corrected chi connectivity index (χ1v) is 5.51. The number of amides is 1. The third-order valence-electron chi connectivity index (χ3n) is 3.27.